The van der Waals surface area contributed by atoms with Gasteiger partial charge in [-0.05, 0) is 46.5 Å². The molecule has 0 heterocycles. The molecule has 0 spiro atoms. The molecule has 0 amide bonds. The second-order valence-corrected chi connectivity index (χ2v) is 4.24. The summed E-state index contributed by atoms with van der Waals surface area (Å²) in [5, 5.41) is 0. The predicted molar refractivity (Wildman–Crippen MR) is 59.6 cm³/mol. The van der Waals surface area contributed by atoms with E-state index in [9.17, 15) is 0 Å². The molecule has 3 heteroatoms. The Hall–Kier alpha value is -0.570. The monoisotopic (exact) mass is 198 g/mol. The Morgan fingerprint density at radius 1 is 1.43 bits per heavy atom. The fourth-order valence-corrected chi connectivity index (χ4v) is 2.09. The second kappa shape index (κ2) is 4.78. The highest BCUT2D eigenvalue weighted by Crippen LogP contribution is 2.33. The largest absolute Gasteiger partial charge is 0.385 e. The van der Waals surface area contributed by atoms with Gasteiger partial charge in [-0.25, -0.2) is 0 Å². The Labute approximate surface area is 86.7 Å². The van der Waals surface area contributed by atoms with Crippen molar-refractivity contribution in [2.24, 2.45) is 10.7 Å². The number of rotatable bonds is 4. The lowest BCUT2D eigenvalue weighted by Crippen LogP contribution is -2.44. The molecule has 82 valence electrons. The van der Waals surface area contributed by atoms with E-state index in [4.69, 9.17) is 10.5 Å². The summed E-state index contributed by atoms with van der Waals surface area (Å²) in [6.45, 7) is 6.82. The van der Waals surface area contributed by atoms with Crippen LogP contribution >= 0.6 is 0 Å². The summed E-state index contributed by atoms with van der Waals surface area (Å²) in [5.74, 6) is 0.701. The number of nitrogens with two attached hydrogens (primary N) is 1. The van der Waals surface area contributed by atoms with Gasteiger partial charge in [-0.15, -0.1) is 0 Å². The van der Waals surface area contributed by atoms with Gasteiger partial charge >= 0.3 is 0 Å². The van der Waals surface area contributed by atoms with Gasteiger partial charge in [-0.3, -0.25) is 4.99 Å². The molecule has 0 aromatic rings. The third kappa shape index (κ3) is 2.47. The van der Waals surface area contributed by atoms with Gasteiger partial charge in [0.1, 0.15) is 11.4 Å². The Kier molecular flexibility index (Phi) is 3.93. The molecule has 1 fully saturated rings. The molecule has 1 rings (SSSR count). The summed E-state index contributed by atoms with van der Waals surface area (Å²) >= 11 is 0. The van der Waals surface area contributed by atoms with E-state index >= 15 is 0 Å². The van der Waals surface area contributed by atoms with Crippen molar-refractivity contribution in [2.45, 2.75) is 58.1 Å². The van der Waals surface area contributed by atoms with Crippen LogP contribution in [-0.2, 0) is 4.74 Å². The summed E-state index contributed by atoms with van der Waals surface area (Å²) in [6, 6.07) is 0.257. The molecule has 0 unspecified atom stereocenters. The average Bonchev–Trinajstić information content (AvgIpc) is 2.53. The second-order valence-electron chi connectivity index (χ2n) is 4.24. The minimum atomic E-state index is -0.237. The van der Waals surface area contributed by atoms with Crippen LogP contribution in [0, 0.1) is 0 Å². The highest BCUT2D eigenvalue weighted by Gasteiger charge is 2.38. The number of amidine groups is 1. The molecule has 1 aliphatic rings. The maximum Gasteiger partial charge on any atom is 0.127 e. The summed E-state index contributed by atoms with van der Waals surface area (Å²) in [6.07, 6.45) is 4.47. The van der Waals surface area contributed by atoms with E-state index in [-0.39, 0.29) is 11.6 Å². The summed E-state index contributed by atoms with van der Waals surface area (Å²) in [7, 11) is 0. The summed E-state index contributed by atoms with van der Waals surface area (Å²) < 4.78 is 5.80. The maximum atomic E-state index is 6.03. The van der Waals surface area contributed by atoms with Crippen molar-refractivity contribution >= 4 is 5.84 Å². The minimum Gasteiger partial charge on any atom is -0.385 e. The number of aliphatic imine (C=N–C) groups is 1. The minimum absolute atomic E-state index is 0.237. The van der Waals surface area contributed by atoms with Gasteiger partial charge in [0.15, 0.2) is 0 Å². The number of hydrogen-bond acceptors (Lipinski definition) is 2. The van der Waals surface area contributed by atoms with Crippen LogP contribution < -0.4 is 5.73 Å². The molecule has 0 aliphatic heterocycles. The van der Waals surface area contributed by atoms with Crippen LogP contribution in [0.4, 0.5) is 0 Å². The van der Waals surface area contributed by atoms with Crippen LogP contribution in [0.15, 0.2) is 4.99 Å². The topological polar surface area (TPSA) is 47.6 Å². The van der Waals surface area contributed by atoms with Gasteiger partial charge in [-0.2, -0.15) is 0 Å². The first kappa shape index (κ1) is 11.5. The first-order valence-electron chi connectivity index (χ1n) is 5.58. The van der Waals surface area contributed by atoms with Crippen LogP contribution in [0.2, 0.25) is 0 Å². The van der Waals surface area contributed by atoms with Crippen molar-refractivity contribution < 1.29 is 4.74 Å². The fourth-order valence-electron chi connectivity index (χ4n) is 2.09. The van der Waals surface area contributed by atoms with Gasteiger partial charge in [0.2, 0.25) is 0 Å². The standard InChI is InChI=1S/C11H22N2O/c1-4-14-11(7-5-6-8-11)10(12)13-9(2)3/h9H,4-8H2,1-3H3,(H2,12,13). The van der Waals surface area contributed by atoms with E-state index in [0.717, 1.165) is 12.8 Å². The van der Waals surface area contributed by atoms with Gasteiger partial charge in [-0.1, -0.05) is 0 Å². The highest BCUT2D eigenvalue weighted by molar-refractivity contribution is 5.89. The molecule has 1 aliphatic carbocycles. The first-order valence-corrected chi connectivity index (χ1v) is 5.58. The molecule has 14 heavy (non-hydrogen) atoms. The van der Waals surface area contributed by atoms with E-state index in [1.165, 1.54) is 12.8 Å². The number of ether oxygens (including phenoxy) is 1. The van der Waals surface area contributed by atoms with Gasteiger partial charge < -0.3 is 10.5 Å². The molecule has 0 aromatic heterocycles. The van der Waals surface area contributed by atoms with E-state index in [2.05, 4.69) is 4.99 Å². The Bertz CT molecular complexity index is 205. The SMILES string of the molecule is CCOC1(C(N)=NC(C)C)CCCC1. The van der Waals surface area contributed by atoms with Crippen molar-refractivity contribution in [3.63, 3.8) is 0 Å². The van der Waals surface area contributed by atoms with Crippen molar-refractivity contribution in [1.82, 2.24) is 0 Å². The fraction of sp³-hybridized carbons (Fsp3) is 0.909. The molecule has 0 aromatic carbocycles. The zero-order chi connectivity index (χ0) is 10.6. The van der Waals surface area contributed by atoms with Crippen LogP contribution in [0.25, 0.3) is 0 Å². The normalized spacial score (nSPS) is 21.9. The van der Waals surface area contributed by atoms with Crippen molar-refractivity contribution in [2.75, 3.05) is 6.61 Å². The summed E-state index contributed by atoms with van der Waals surface area (Å²) in [4.78, 5) is 4.42. The average molecular weight is 198 g/mol. The predicted octanol–water partition coefficient (Wildman–Crippen LogP) is 2.10. The molecule has 0 atom stereocenters. The molecule has 2 N–H and O–H groups in total. The molecular formula is C11H22N2O. The number of hydrogen-bond donors (Lipinski definition) is 1. The smallest absolute Gasteiger partial charge is 0.127 e. The molecule has 0 saturated heterocycles. The third-order valence-electron chi connectivity index (χ3n) is 2.70. The molecular weight excluding hydrogens is 176 g/mol. The Balaban J connectivity index is 2.76. The highest BCUT2D eigenvalue weighted by atomic mass is 16.5. The summed E-state index contributed by atoms with van der Waals surface area (Å²) in [5.41, 5.74) is 5.79. The van der Waals surface area contributed by atoms with Crippen LogP contribution in [0.3, 0.4) is 0 Å². The quantitative estimate of drug-likeness (QED) is 0.555. The lowest BCUT2D eigenvalue weighted by Gasteiger charge is -2.28. The lowest BCUT2D eigenvalue weighted by atomic mass is 10.0. The molecule has 0 radical (unpaired) electrons. The van der Waals surface area contributed by atoms with E-state index in [1.54, 1.807) is 0 Å². The van der Waals surface area contributed by atoms with Gasteiger partial charge in [0.05, 0.1) is 0 Å². The number of nitrogens with zero attached hydrogens (tertiary/aromatic N) is 1. The van der Waals surface area contributed by atoms with Crippen molar-refractivity contribution in [3.05, 3.63) is 0 Å². The van der Waals surface area contributed by atoms with Crippen molar-refractivity contribution in [3.8, 4) is 0 Å². The Morgan fingerprint density at radius 2 is 2.00 bits per heavy atom. The molecule has 1 saturated carbocycles. The first-order chi connectivity index (χ1) is 6.60. The maximum absolute atomic E-state index is 6.03. The van der Waals surface area contributed by atoms with E-state index in [1.807, 2.05) is 20.8 Å². The van der Waals surface area contributed by atoms with E-state index in [0.29, 0.717) is 12.4 Å². The molecule has 0 bridgehead atoms. The van der Waals surface area contributed by atoms with Gasteiger partial charge in [0.25, 0.3) is 0 Å². The third-order valence-corrected chi connectivity index (χ3v) is 2.70. The van der Waals surface area contributed by atoms with Crippen LogP contribution in [-0.4, -0.2) is 24.1 Å². The van der Waals surface area contributed by atoms with Gasteiger partial charge in [0, 0.05) is 12.6 Å². The Morgan fingerprint density at radius 3 is 2.43 bits per heavy atom. The molecule has 3 nitrogen and oxygen atoms in total. The van der Waals surface area contributed by atoms with E-state index < -0.39 is 0 Å². The van der Waals surface area contributed by atoms with Crippen LogP contribution in [0.1, 0.15) is 46.5 Å². The lowest BCUT2D eigenvalue weighted by molar-refractivity contribution is 0.0196. The van der Waals surface area contributed by atoms with Crippen LogP contribution in [0.5, 0.6) is 0 Å². The zero-order valence-electron chi connectivity index (χ0n) is 9.55. The van der Waals surface area contributed by atoms with Crippen molar-refractivity contribution in [1.29, 1.82) is 0 Å². The zero-order valence-corrected chi connectivity index (χ0v) is 9.55.